The number of nitrogens with zero attached hydrogens (tertiary/aromatic N) is 2. The number of hydrogen-bond donors (Lipinski definition) is 1. The predicted molar refractivity (Wildman–Crippen MR) is 123 cm³/mol. The minimum absolute atomic E-state index is 0.0865. The summed E-state index contributed by atoms with van der Waals surface area (Å²) in [5.41, 5.74) is 0.805. The third-order valence-electron chi connectivity index (χ3n) is 4.67. The van der Waals surface area contributed by atoms with E-state index in [2.05, 4.69) is 4.99 Å². The second kappa shape index (κ2) is 8.63. The lowest BCUT2D eigenvalue weighted by molar-refractivity contribution is -0.139. The Hall–Kier alpha value is -2.39. The molecule has 1 aliphatic heterocycles. The normalized spacial score (nSPS) is 16.3. The first kappa shape index (κ1) is 21.8. The molecule has 31 heavy (non-hydrogen) atoms. The van der Waals surface area contributed by atoms with Gasteiger partial charge in [0.15, 0.2) is 4.80 Å². The molecule has 4 rings (SSSR count). The first-order chi connectivity index (χ1) is 14.8. The van der Waals surface area contributed by atoms with E-state index >= 15 is 0 Å². The highest BCUT2D eigenvalue weighted by Gasteiger charge is 2.33. The average molecular weight is 495 g/mol. The van der Waals surface area contributed by atoms with E-state index in [-0.39, 0.29) is 22.9 Å². The molecule has 0 spiro atoms. The lowest BCUT2D eigenvalue weighted by atomic mass is 10.0. The topological polar surface area (TPSA) is 80.9 Å². The van der Waals surface area contributed by atoms with Crippen LogP contribution in [-0.2, 0) is 9.53 Å². The molecule has 1 atom stereocenters. The van der Waals surface area contributed by atoms with Crippen LogP contribution in [0.1, 0.15) is 30.3 Å². The van der Waals surface area contributed by atoms with Crippen LogP contribution in [0.3, 0.4) is 0 Å². The zero-order valence-corrected chi connectivity index (χ0v) is 19.5. The van der Waals surface area contributed by atoms with E-state index in [4.69, 9.17) is 27.9 Å². The Balaban J connectivity index is 1.97. The van der Waals surface area contributed by atoms with E-state index in [9.17, 15) is 14.7 Å². The third-order valence-corrected chi connectivity index (χ3v) is 7.09. The van der Waals surface area contributed by atoms with Gasteiger partial charge in [-0.2, -0.15) is 0 Å². The van der Waals surface area contributed by atoms with E-state index in [1.54, 1.807) is 13.8 Å². The molecule has 6 nitrogen and oxygen atoms in total. The van der Waals surface area contributed by atoms with E-state index in [0.29, 0.717) is 31.2 Å². The van der Waals surface area contributed by atoms with Crippen LogP contribution in [0.25, 0.3) is 6.08 Å². The van der Waals surface area contributed by atoms with Crippen molar-refractivity contribution in [2.24, 2.45) is 4.99 Å². The van der Waals surface area contributed by atoms with Gasteiger partial charge in [-0.25, -0.2) is 9.79 Å². The maximum absolute atomic E-state index is 13.4. The predicted octanol–water partition coefficient (Wildman–Crippen LogP) is 3.87. The summed E-state index contributed by atoms with van der Waals surface area (Å²) in [6, 6.07) is 6.03. The molecule has 0 fully saturated rings. The number of carbonyl (C=O) groups excluding carboxylic acids is 1. The molecular weight excluding hydrogens is 479 g/mol. The van der Waals surface area contributed by atoms with Crippen LogP contribution in [0.2, 0.25) is 10.0 Å². The van der Waals surface area contributed by atoms with Gasteiger partial charge in [0.25, 0.3) is 5.56 Å². The molecule has 10 heteroatoms. The molecule has 0 unspecified atom stereocenters. The molecule has 0 bridgehead atoms. The summed E-state index contributed by atoms with van der Waals surface area (Å²) in [5.74, 6) is -0.675. The summed E-state index contributed by atoms with van der Waals surface area (Å²) in [6.45, 7) is 3.67. The van der Waals surface area contributed by atoms with Gasteiger partial charge in [-0.1, -0.05) is 40.6 Å². The van der Waals surface area contributed by atoms with E-state index in [1.807, 2.05) is 17.5 Å². The lowest BCUT2D eigenvalue weighted by Gasteiger charge is -2.23. The molecule has 0 saturated carbocycles. The monoisotopic (exact) mass is 494 g/mol. The van der Waals surface area contributed by atoms with Gasteiger partial charge in [-0.05, 0) is 43.5 Å². The molecule has 0 saturated heterocycles. The van der Waals surface area contributed by atoms with E-state index in [1.165, 1.54) is 34.1 Å². The molecule has 0 amide bonds. The Morgan fingerprint density at radius 3 is 2.84 bits per heavy atom. The molecule has 1 aliphatic rings. The van der Waals surface area contributed by atoms with Crippen LogP contribution in [0, 0.1) is 0 Å². The number of halogens is 2. The fraction of sp³-hybridized carbons (Fsp3) is 0.190. The van der Waals surface area contributed by atoms with Crippen molar-refractivity contribution < 1.29 is 14.6 Å². The van der Waals surface area contributed by atoms with Crippen molar-refractivity contribution in [1.82, 2.24) is 4.57 Å². The van der Waals surface area contributed by atoms with Gasteiger partial charge in [-0.3, -0.25) is 9.36 Å². The van der Waals surface area contributed by atoms with E-state index < -0.39 is 12.0 Å². The first-order valence-electron chi connectivity index (χ1n) is 9.23. The van der Waals surface area contributed by atoms with Crippen LogP contribution < -0.4 is 14.9 Å². The number of aromatic hydroxyl groups is 1. The van der Waals surface area contributed by atoms with Gasteiger partial charge in [0.1, 0.15) is 11.8 Å². The smallest absolute Gasteiger partial charge is 0.338 e. The number of allylic oxidation sites excluding steroid dienone is 1. The molecule has 0 radical (unpaired) electrons. The Morgan fingerprint density at radius 1 is 1.39 bits per heavy atom. The minimum Gasteiger partial charge on any atom is -0.506 e. The number of fused-ring (bicyclic) bond motifs is 1. The maximum atomic E-state index is 13.4. The van der Waals surface area contributed by atoms with Crippen molar-refractivity contribution in [2.75, 3.05) is 6.61 Å². The number of ether oxygens (including phenoxy) is 1. The zero-order chi connectivity index (χ0) is 22.3. The Labute approximate surface area is 195 Å². The summed E-state index contributed by atoms with van der Waals surface area (Å²) in [7, 11) is 0. The van der Waals surface area contributed by atoms with Crippen LogP contribution >= 0.6 is 45.9 Å². The minimum atomic E-state index is -0.644. The SMILES string of the molecule is CCOC(=O)C1=C(C)N=c2s/c(=C\c3cc(Cl)cc(Cl)c3O)c(=O)n2[C@@H]1c1cccs1. The number of benzene rings is 1. The standard InChI is InChI=1S/C21H16Cl2N2O4S2/c1-3-29-20(28)16-10(2)24-21-25(17(16)14-5-4-6-30-14)19(27)15(31-21)8-11-7-12(22)9-13(23)18(11)26/h4-9,17,26H,3H2,1-2H3/b15-8-/t17-/m1/s1. The number of esters is 1. The number of carbonyl (C=O) groups is 1. The Bertz CT molecular complexity index is 1390. The van der Waals surface area contributed by atoms with Gasteiger partial charge in [0.2, 0.25) is 0 Å². The highest BCUT2D eigenvalue weighted by Crippen LogP contribution is 2.34. The molecule has 160 valence electrons. The lowest BCUT2D eigenvalue weighted by Crippen LogP contribution is -2.39. The summed E-state index contributed by atoms with van der Waals surface area (Å²) in [5, 5.41) is 12.6. The summed E-state index contributed by atoms with van der Waals surface area (Å²) < 4.78 is 7.06. The number of thiazole rings is 1. The van der Waals surface area contributed by atoms with Crippen LogP contribution in [-0.4, -0.2) is 22.2 Å². The number of aromatic nitrogens is 1. The fourth-order valence-electron chi connectivity index (χ4n) is 3.34. The zero-order valence-electron chi connectivity index (χ0n) is 16.4. The number of phenols is 1. The Morgan fingerprint density at radius 2 is 2.16 bits per heavy atom. The summed E-state index contributed by atoms with van der Waals surface area (Å²) >= 11 is 14.7. The summed E-state index contributed by atoms with van der Waals surface area (Å²) in [6.07, 6.45) is 1.52. The van der Waals surface area contributed by atoms with Crippen molar-refractivity contribution in [2.45, 2.75) is 19.9 Å². The molecule has 1 N–H and O–H groups in total. The fourth-order valence-corrected chi connectivity index (χ4v) is 5.71. The molecule has 2 aromatic heterocycles. The van der Waals surface area contributed by atoms with Crippen molar-refractivity contribution in [3.63, 3.8) is 0 Å². The van der Waals surface area contributed by atoms with Crippen LogP contribution in [0.5, 0.6) is 5.75 Å². The molecule has 3 aromatic rings. The second-order valence-electron chi connectivity index (χ2n) is 6.64. The largest absolute Gasteiger partial charge is 0.506 e. The van der Waals surface area contributed by atoms with Gasteiger partial charge >= 0.3 is 5.97 Å². The molecule has 3 heterocycles. The molecule has 0 aliphatic carbocycles. The molecular formula is C21H16Cl2N2O4S2. The van der Waals surface area contributed by atoms with Gasteiger partial charge < -0.3 is 9.84 Å². The first-order valence-corrected chi connectivity index (χ1v) is 11.7. The van der Waals surface area contributed by atoms with Gasteiger partial charge in [-0.15, -0.1) is 11.3 Å². The van der Waals surface area contributed by atoms with Crippen molar-refractivity contribution in [3.05, 3.63) is 81.1 Å². The van der Waals surface area contributed by atoms with Crippen molar-refractivity contribution in [1.29, 1.82) is 0 Å². The summed E-state index contributed by atoms with van der Waals surface area (Å²) in [4.78, 5) is 31.9. The average Bonchev–Trinajstić information content (AvgIpc) is 3.34. The van der Waals surface area contributed by atoms with E-state index in [0.717, 1.165) is 16.2 Å². The van der Waals surface area contributed by atoms with Crippen LogP contribution in [0.4, 0.5) is 0 Å². The van der Waals surface area contributed by atoms with Crippen LogP contribution in [0.15, 0.2) is 50.7 Å². The highest BCUT2D eigenvalue weighted by atomic mass is 35.5. The maximum Gasteiger partial charge on any atom is 0.338 e. The van der Waals surface area contributed by atoms with Gasteiger partial charge in [0.05, 0.1) is 27.4 Å². The number of phenolic OH excluding ortho intramolecular Hbond substituents is 1. The number of thiophene rings is 1. The quantitative estimate of drug-likeness (QED) is 0.558. The molecule has 1 aromatic carbocycles. The third kappa shape index (κ3) is 3.96. The number of rotatable bonds is 4. The van der Waals surface area contributed by atoms with Crippen molar-refractivity contribution >= 4 is 57.9 Å². The van der Waals surface area contributed by atoms with Gasteiger partial charge in [0, 0.05) is 15.5 Å². The second-order valence-corrected chi connectivity index (χ2v) is 9.48. The van der Waals surface area contributed by atoms with Crippen molar-refractivity contribution in [3.8, 4) is 5.75 Å². The highest BCUT2D eigenvalue weighted by molar-refractivity contribution is 7.10. The Kier molecular flexibility index (Phi) is 6.07. The number of hydrogen-bond acceptors (Lipinski definition) is 7.